The average molecular weight is 328 g/mol. The molecule has 1 unspecified atom stereocenters. The van der Waals surface area contributed by atoms with Crippen LogP contribution in [0.1, 0.15) is 28.4 Å². The molecule has 0 heterocycles. The zero-order valence-electron chi connectivity index (χ0n) is 13.9. The van der Waals surface area contributed by atoms with Gasteiger partial charge in [-0.05, 0) is 42.0 Å². The first-order valence-electron chi connectivity index (χ1n) is 8.06. The lowest BCUT2D eigenvalue weighted by Gasteiger charge is -2.13. The Morgan fingerprint density at radius 2 is 1.83 bits per heavy atom. The minimum Gasteiger partial charge on any atom is -0.507 e. The van der Waals surface area contributed by atoms with E-state index in [1.807, 2.05) is 0 Å². The molecule has 0 fully saturated rings. The van der Waals surface area contributed by atoms with Crippen molar-refractivity contribution >= 4 is 5.91 Å². The summed E-state index contributed by atoms with van der Waals surface area (Å²) in [7, 11) is 0. The van der Waals surface area contributed by atoms with Crippen LogP contribution in [-0.4, -0.2) is 24.2 Å². The van der Waals surface area contributed by atoms with Gasteiger partial charge in [0.25, 0.3) is 5.91 Å². The molecular formula is C19H24N2O3. The molecule has 4 N–H and O–H groups in total. The number of phenols is 1. The van der Waals surface area contributed by atoms with E-state index in [9.17, 15) is 9.90 Å². The fourth-order valence-electron chi connectivity index (χ4n) is 2.52. The molecule has 0 radical (unpaired) electrons. The van der Waals surface area contributed by atoms with Crippen LogP contribution in [0, 0.1) is 5.92 Å². The van der Waals surface area contributed by atoms with E-state index in [1.54, 1.807) is 18.2 Å². The quantitative estimate of drug-likeness (QED) is 0.650. The predicted molar refractivity (Wildman–Crippen MR) is 93.6 cm³/mol. The topological polar surface area (TPSA) is 84.6 Å². The van der Waals surface area contributed by atoms with Gasteiger partial charge in [-0.15, -0.1) is 0 Å². The molecule has 0 aliphatic heterocycles. The second-order valence-corrected chi connectivity index (χ2v) is 5.97. The first-order chi connectivity index (χ1) is 11.6. The molecule has 5 nitrogen and oxygen atoms in total. The molecule has 0 aliphatic rings. The predicted octanol–water partition coefficient (Wildman–Crippen LogP) is 2.43. The first-order valence-corrected chi connectivity index (χ1v) is 8.06. The van der Waals surface area contributed by atoms with E-state index in [0.29, 0.717) is 18.7 Å². The van der Waals surface area contributed by atoms with Gasteiger partial charge in [-0.1, -0.05) is 43.3 Å². The highest BCUT2D eigenvalue weighted by atomic mass is 16.6. The van der Waals surface area contributed by atoms with Crippen molar-refractivity contribution in [2.45, 2.75) is 19.8 Å². The molecule has 5 heteroatoms. The molecule has 0 spiro atoms. The number of nitrogens with one attached hydrogen (secondary N) is 1. The van der Waals surface area contributed by atoms with Crippen molar-refractivity contribution in [1.29, 1.82) is 0 Å². The van der Waals surface area contributed by atoms with E-state index in [2.05, 4.69) is 41.3 Å². The minimum atomic E-state index is -0.253. The second-order valence-electron chi connectivity index (χ2n) is 5.97. The van der Waals surface area contributed by atoms with Gasteiger partial charge in [-0.3, -0.25) is 4.79 Å². The van der Waals surface area contributed by atoms with Crippen LogP contribution >= 0.6 is 0 Å². The van der Waals surface area contributed by atoms with E-state index < -0.39 is 0 Å². The van der Waals surface area contributed by atoms with Gasteiger partial charge in [0.05, 0.1) is 12.2 Å². The summed E-state index contributed by atoms with van der Waals surface area (Å²) in [6, 6.07) is 14.9. The van der Waals surface area contributed by atoms with Crippen molar-refractivity contribution in [3.05, 3.63) is 65.2 Å². The smallest absolute Gasteiger partial charge is 0.255 e. The number of benzene rings is 2. The van der Waals surface area contributed by atoms with Gasteiger partial charge in [0, 0.05) is 6.54 Å². The van der Waals surface area contributed by atoms with E-state index in [4.69, 9.17) is 5.90 Å². The third-order valence-corrected chi connectivity index (χ3v) is 3.88. The molecular weight excluding hydrogens is 304 g/mol. The van der Waals surface area contributed by atoms with Gasteiger partial charge in [-0.25, -0.2) is 5.90 Å². The molecule has 0 aliphatic carbocycles. The number of carbonyl (C=O) groups excluding carboxylic acids is 1. The van der Waals surface area contributed by atoms with Gasteiger partial charge >= 0.3 is 0 Å². The van der Waals surface area contributed by atoms with Crippen molar-refractivity contribution in [2.24, 2.45) is 11.8 Å². The maximum absolute atomic E-state index is 12.1. The van der Waals surface area contributed by atoms with E-state index in [-0.39, 0.29) is 17.6 Å². The van der Waals surface area contributed by atoms with Crippen LogP contribution < -0.4 is 11.2 Å². The first kappa shape index (κ1) is 18.0. The fourth-order valence-corrected chi connectivity index (χ4v) is 2.52. The summed E-state index contributed by atoms with van der Waals surface area (Å²) in [5.74, 6) is 5.07. The fraction of sp³-hybridized carbons (Fsp3) is 0.316. The number of hydrogen-bond acceptors (Lipinski definition) is 4. The van der Waals surface area contributed by atoms with Crippen LogP contribution in [0.3, 0.4) is 0 Å². The van der Waals surface area contributed by atoms with Crippen molar-refractivity contribution in [1.82, 2.24) is 5.32 Å². The van der Waals surface area contributed by atoms with Gasteiger partial charge in [-0.2, -0.15) is 0 Å². The Labute approximate surface area is 142 Å². The lowest BCUT2D eigenvalue weighted by molar-refractivity contribution is 0.0945. The Balaban J connectivity index is 1.81. The number of amides is 1. The van der Waals surface area contributed by atoms with Crippen LogP contribution in [-0.2, 0) is 17.7 Å². The average Bonchev–Trinajstić information content (AvgIpc) is 2.59. The van der Waals surface area contributed by atoms with Crippen molar-refractivity contribution < 1.29 is 14.7 Å². The summed E-state index contributed by atoms with van der Waals surface area (Å²) in [6.07, 6.45) is 1.66. The summed E-state index contributed by atoms with van der Waals surface area (Å²) in [6.45, 7) is 3.14. The van der Waals surface area contributed by atoms with Gasteiger partial charge in [0.1, 0.15) is 5.75 Å². The highest BCUT2D eigenvalue weighted by Gasteiger charge is 2.11. The number of nitrogens with two attached hydrogens (primary N) is 1. The molecule has 0 saturated heterocycles. The van der Waals surface area contributed by atoms with Gasteiger partial charge < -0.3 is 15.3 Å². The highest BCUT2D eigenvalue weighted by molar-refractivity contribution is 5.96. The Kier molecular flexibility index (Phi) is 6.78. The standard InChI is InChI=1S/C19H24N2O3/c1-14(12-16-8-6-15(7-9-16)10-11-24-20)13-21-19(23)17-4-2-3-5-18(17)22/h2-9,14,22H,10-13,20H2,1H3,(H,21,23). The number of phenolic OH excluding ortho intramolecular Hbond substituents is 1. The van der Waals surface area contributed by atoms with E-state index in [0.717, 1.165) is 12.8 Å². The summed E-state index contributed by atoms with van der Waals surface area (Å²) in [5, 5.41) is 12.6. The Bertz CT molecular complexity index is 656. The number of carbonyl (C=O) groups is 1. The zero-order valence-corrected chi connectivity index (χ0v) is 13.9. The number of aromatic hydroxyl groups is 1. The van der Waals surface area contributed by atoms with Crippen LogP contribution in [0.4, 0.5) is 0 Å². The van der Waals surface area contributed by atoms with Crippen molar-refractivity contribution in [3.63, 3.8) is 0 Å². The molecule has 2 aromatic carbocycles. The molecule has 2 aromatic rings. The molecule has 1 amide bonds. The molecule has 0 saturated carbocycles. The number of rotatable bonds is 8. The van der Waals surface area contributed by atoms with E-state index in [1.165, 1.54) is 17.2 Å². The molecule has 2 rings (SSSR count). The van der Waals surface area contributed by atoms with Crippen molar-refractivity contribution in [2.75, 3.05) is 13.2 Å². The Morgan fingerprint density at radius 3 is 2.50 bits per heavy atom. The summed E-state index contributed by atoms with van der Waals surface area (Å²) >= 11 is 0. The highest BCUT2D eigenvalue weighted by Crippen LogP contribution is 2.15. The number of para-hydroxylation sites is 1. The maximum atomic E-state index is 12.1. The SMILES string of the molecule is CC(CNC(=O)c1ccccc1O)Cc1ccc(CCON)cc1. The molecule has 0 aromatic heterocycles. The zero-order chi connectivity index (χ0) is 17.4. The summed E-state index contributed by atoms with van der Waals surface area (Å²) < 4.78 is 0. The minimum absolute atomic E-state index is 0.000277. The van der Waals surface area contributed by atoms with Crippen LogP contribution in [0.25, 0.3) is 0 Å². The van der Waals surface area contributed by atoms with Crippen LogP contribution in [0.2, 0.25) is 0 Å². The second kappa shape index (κ2) is 9.05. The Hall–Kier alpha value is -2.37. The third kappa shape index (κ3) is 5.37. The van der Waals surface area contributed by atoms with Crippen LogP contribution in [0.5, 0.6) is 5.75 Å². The molecule has 24 heavy (non-hydrogen) atoms. The normalized spacial score (nSPS) is 11.9. The van der Waals surface area contributed by atoms with E-state index >= 15 is 0 Å². The lowest BCUT2D eigenvalue weighted by atomic mass is 9.99. The van der Waals surface area contributed by atoms with Crippen molar-refractivity contribution in [3.8, 4) is 5.75 Å². The Morgan fingerprint density at radius 1 is 1.17 bits per heavy atom. The largest absolute Gasteiger partial charge is 0.507 e. The maximum Gasteiger partial charge on any atom is 0.255 e. The third-order valence-electron chi connectivity index (χ3n) is 3.88. The molecule has 0 bridgehead atoms. The summed E-state index contributed by atoms with van der Waals surface area (Å²) in [5.41, 5.74) is 2.71. The molecule has 128 valence electrons. The van der Waals surface area contributed by atoms with Gasteiger partial charge in [0.2, 0.25) is 0 Å². The lowest BCUT2D eigenvalue weighted by Crippen LogP contribution is -2.29. The monoisotopic (exact) mass is 328 g/mol. The van der Waals surface area contributed by atoms with Crippen LogP contribution in [0.15, 0.2) is 48.5 Å². The van der Waals surface area contributed by atoms with Gasteiger partial charge in [0.15, 0.2) is 0 Å². The summed E-state index contributed by atoms with van der Waals surface area (Å²) in [4.78, 5) is 16.7. The molecule has 1 atom stereocenters. The number of hydrogen-bond donors (Lipinski definition) is 3.